The third-order valence-electron chi connectivity index (χ3n) is 2.41. The van der Waals surface area contributed by atoms with Crippen molar-refractivity contribution < 1.29 is 24.1 Å². The highest BCUT2D eigenvalue weighted by molar-refractivity contribution is 5.68. The van der Waals surface area contributed by atoms with Crippen LogP contribution in [0.1, 0.15) is 19.8 Å². The maximum Gasteiger partial charge on any atom is 0.317 e. The minimum Gasteiger partial charge on any atom is -0.480 e. The van der Waals surface area contributed by atoms with Crippen LogP contribution >= 0.6 is 0 Å². The third kappa shape index (κ3) is 15.3. The maximum absolute atomic E-state index is 10.4. The zero-order valence-electron chi connectivity index (χ0n) is 12.1. The van der Waals surface area contributed by atoms with Crippen LogP contribution in [0.4, 0.5) is 0 Å². The summed E-state index contributed by atoms with van der Waals surface area (Å²) in [4.78, 5) is 12.1. The molecule has 0 aromatic rings. The molecule has 0 aromatic carbocycles. The molecule has 0 saturated carbocycles. The molecule has 0 radical (unpaired) electrons. The maximum atomic E-state index is 10.4. The van der Waals surface area contributed by atoms with E-state index < -0.39 is 5.97 Å². The van der Waals surface area contributed by atoms with Crippen molar-refractivity contribution in [2.45, 2.75) is 19.8 Å². The number of carbonyl (C=O) groups is 1. The Labute approximate surface area is 115 Å². The van der Waals surface area contributed by atoms with E-state index in [-0.39, 0.29) is 6.54 Å². The molecule has 6 heteroatoms. The van der Waals surface area contributed by atoms with Crippen molar-refractivity contribution in [1.82, 2.24) is 4.90 Å². The summed E-state index contributed by atoms with van der Waals surface area (Å²) in [5.74, 6) is -0.825. The number of nitrogens with zero attached hydrogens (tertiary/aromatic N) is 1. The average Bonchev–Trinajstić information content (AvgIpc) is 2.35. The van der Waals surface area contributed by atoms with Crippen molar-refractivity contribution in [3.63, 3.8) is 0 Å². The van der Waals surface area contributed by atoms with Crippen molar-refractivity contribution in [3.8, 4) is 0 Å². The van der Waals surface area contributed by atoms with Gasteiger partial charge >= 0.3 is 5.97 Å². The molecule has 19 heavy (non-hydrogen) atoms. The third-order valence-corrected chi connectivity index (χ3v) is 2.41. The predicted molar refractivity (Wildman–Crippen MR) is 72.5 cm³/mol. The lowest BCUT2D eigenvalue weighted by molar-refractivity contribution is -0.138. The first kappa shape index (κ1) is 18.3. The first-order chi connectivity index (χ1) is 9.16. The van der Waals surface area contributed by atoms with E-state index in [1.165, 1.54) is 0 Å². The largest absolute Gasteiger partial charge is 0.480 e. The fourth-order valence-corrected chi connectivity index (χ4v) is 1.32. The molecule has 0 amide bonds. The zero-order valence-corrected chi connectivity index (χ0v) is 12.1. The van der Waals surface area contributed by atoms with Crippen LogP contribution in [0.5, 0.6) is 0 Å². The van der Waals surface area contributed by atoms with Crippen LogP contribution in [-0.2, 0) is 19.0 Å². The Balaban J connectivity index is 3.08. The van der Waals surface area contributed by atoms with Crippen LogP contribution < -0.4 is 0 Å². The van der Waals surface area contributed by atoms with Crippen LogP contribution in [0.25, 0.3) is 0 Å². The van der Waals surface area contributed by atoms with Gasteiger partial charge in [0.2, 0.25) is 0 Å². The van der Waals surface area contributed by atoms with Crippen molar-refractivity contribution in [2.75, 3.05) is 59.8 Å². The molecule has 0 unspecified atom stereocenters. The number of rotatable bonds is 14. The predicted octanol–water partition coefficient (Wildman–Crippen LogP) is 0.853. The fourth-order valence-electron chi connectivity index (χ4n) is 1.32. The molecule has 0 saturated heterocycles. The van der Waals surface area contributed by atoms with Gasteiger partial charge in [-0.3, -0.25) is 9.69 Å². The molecule has 0 atom stereocenters. The SMILES string of the molecule is CCCCOCCOCCOCCN(C)CC(=O)O. The average molecular weight is 277 g/mol. The summed E-state index contributed by atoms with van der Waals surface area (Å²) >= 11 is 0. The molecule has 114 valence electrons. The second kappa shape index (κ2) is 13.7. The number of carboxylic acid groups (broad SMARTS) is 1. The minimum absolute atomic E-state index is 0.0367. The summed E-state index contributed by atoms with van der Waals surface area (Å²) in [6.07, 6.45) is 2.23. The van der Waals surface area contributed by atoms with Gasteiger partial charge in [0.1, 0.15) is 0 Å². The van der Waals surface area contributed by atoms with E-state index in [4.69, 9.17) is 19.3 Å². The van der Waals surface area contributed by atoms with Crippen LogP contribution in [0.15, 0.2) is 0 Å². The molecule has 0 aromatic heterocycles. The van der Waals surface area contributed by atoms with Crippen molar-refractivity contribution in [2.24, 2.45) is 0 Å². The molecule has 1 N–H and O–H groups in total. The lowest BCUT2D eigenvalue weighted by Gasteiger charge is -2.13. The fraction of sp³-hybridized carbons (Fsp3) is 0.923. The van der Waals surface area contributed by atoms with Gasteiger partial charge in [-0.05, 0) is 13.5 Å². The Bertz CT molecular complexity index is 213. The standard InChI is InChI=1S/C13H27NO5/c1-3-4-6-17-8-10-19-11-9-18-7-5-14(2)12-13(15)16/h3-12H2,1-2H3,(H,15,16). The highest BCUT2D eigenvalue weighted by Gasteiger charge is 2.02. The first-order valence-electron chi connectivity index (χ1n) is 6.80. The Hall–Kier alpha value is -0.690. The molecule has 0 rings (SSSR count). The second-order valence-corrected chi connectivity index (χ2v) is 4.32. The van der Waals surface area contributed by atoms with Gasteiger partial charge in [0, 0.05) is 13.2 Å². The van der Waals surface area contributed by atoms with Crippen LogP contribution in [-0.4, -0.2) is 75.8 Å². The topological polar surface area (TPSA) is 68.2 Å². The molecule has 0 spiro atoms. The molecular formula is C13H27NO5. The lowest BCUT2D eigenvalue weighted by atomic mass is 10.4. The van der Waals surface area contributed by atoms with E-state index in [0.29, 0.717) is 39.6 Å². The van der Waals surface area contributed by atoms with Crippen LogP contribution in [0.2, 0.25) is 0 Å². The summed E-state index contributed by atoms with van der Waals surface area (Å²) in [7, 11) is 1.75. The van der Waals surface area contributed by atoms with Gasteiger partial charge in [-0.15, -0.1) is 0 Å². The number of unbranched alkanes of at least 4 members (excludes halogenated alkanes) is 1. The van der Waals surface area contributed by atoms with Gasteiger partial charge < -0.3 is 19.3 Å². The van der Waals surface area contributed by atoms with Crippen molar-refractivity contribution in [1.29, 1.82) is 0 Å². The molecule has 6 nitrogen and oxygen atoms in total. The normalized spacial score (nSPS) is 11.1. The Morgan fingerprint density at radius 1 is 1.00 bits per heavy atom. The number of aliphatic carboxylic acids is 1. The smallest absolute Gasteiger partial charge is 0.317 e. The van der Waals surface area contributed by atoms with E-state index >= 15 is 0 Å². The molecule has 0 bridgehead atoms. The Kier molecular flexibility index (Phi) is 13.2. The zero-order chi connectivity index (χ0) is 14.3. The van der Waals surface area contributed by atoms with Gasteiger partial charge in [0.15, 0.2) is 0 Å². The molecule has 0 aliphatic rings. The van der Waals surface area contributed by atoms with Gasteiger partial charge in [0.05, 0.1) is 39.6 Å². The van der Waals surface area contributed by atoms with Gasteiger partial charge in [-0.25, -0.2) is 0 Å². The molecule has 0 aliphatic heterocycles. The summed E-state index contributed by atoms with van der Waals surface area (Å²) in [6, 6.07) is 0. The van der Waals surface area contributed by atoms with E-state index in [1.807, 2.05) is 0 Å². The number of carboxylic acids is 1. The monoisotopic (exact) mass is 277 g/mol. The Morgan fingerprint density at radius 2 is 1.53 bits per heavy atom. The number of hydrogen-bond donors (Lipinski definition) is 1. The van der Waals surface area contributed by atoms with Gasteiger partial charge in [-0.2, -0.15) is 0 Å². The first-order valence-corrected chi connectivity index (χ1v) is 6.80. The Morgan fingerprint density at radius 3 is 2.05 bits per heavy atom. The van der Waals surface area contributed by atoms with E-state index in [2.05, 4.69) is 6.92 Å². The van der Waals surface area contributed by atoms with Crippen LogP contribution in [0.3, 0.4) is 0 Å². The summed E-state index contributed by atoms with van der Waals surface area (Å²) < 4.78 is 16.0. The molecular weight excluding hydrogens is 250 g/mol. The number of hydrogen-bond acceptors (Lipinski definition) is 5. The van der Waals surface area contributed by atoms with E-state index in [9.17, 15) is 4.79 Å². The number of likely N-dealkylation sites (N-methyl/N-ethyl adjacent to an activating group) is 1. The van der Waals surface area contributed by atoms with Gasteiger partial charge in [0.25, 0.3) is 0 Å². The van der Waals surface area contributed by atoms with Crippen LogP contribution in [0, 0.1) is 0 Å². The highest BCUT2D eigenvalue weighted by Crippen LogP contribution is 1.88. The molecule has 0 fully saturated rings. The highest BCUT2D eigenvalue weighted by atomic mass is 16.5. The quantitative estimate of drug-likeness (QED) is 0.475. The lowest BCUT2D eigenvalue weighted by Crippen LogP contribution is -2.29. The summed E-state index contributed by atoms with van der Waals surface area (Å²) in [6.45, 7) is 6.36. The van der Waals surface area contributed by atoms with E-state index in [0.717, 1.165) is 19.4 Å². The number of ether oxygens (including phenoxy) is 3. The second-order valence-electron chi connectivity index (χ2n) is 4.32. The summed E-state index contributed by atoms with van der Waals surface area (Å²) in [5.41, 5.74) is 0. The molecule has 0 aliphatic carbocycles. The van der Waals surface area contributed by atoms with Crippen molar-refractivity contribution in [3.05, 3.63) is 0 Å². The molecule has 0 heterocycles. The minimum atomic E-state index is -0.825. The van der Waals surface area contributed by atoms with Crippen molar-refractivity contribution >= 4 is 5.97 Å². The summed E-state index contributed by atoms with van der Waals surface area (Å²) in [5, 5.41) is 8.55. The van der Waals surface area contributed by atoms with E-state index in [1.54, 1.807) is 11.9 Å². The van der Waals surface area contributed by atoms with Gasteiger partial charge in [-0.1, -0.05) is 13.3 Å².